The molecule has 1 aliphatic heterocycles. The summed E-state index contributed by atoms with van der Waals surface area (Å²) in [5, 5.41) is 13.2. The summed E-state index contributed by atoms with van der Waals surface area (Å²) in [5.74, 6) is -1.63. The summed E-state index contributed by atoms with van der Waals surface area (Å²) >= 11 is 1.99. The maximum Gasteiger partial charge on any atom is 0.335 e. The predicted molar refractivity (Wildman–Crippen MR) is 143 cm³/mol. The Bertz CT molecular complexity index is 1490. The number of benzene rings is 3. The van der Waals surface area contributed by atoms with Crippen LogP contribution >= 0.6 is 22.6 Å². The minimum atomic E-state index is -1.03. The molecule has 1 heterocycles. The Labute approximate surface area is 229 Å². The highest BCUT2D eigenvalue weighted by molar-refractivity contribution is 14.1. The van der Waals surface area contributed by atoms with Crippen LogP contribution in [0.3, 0.4) is 0 Å². The SMILES string of the molecule is CCOc1cc(/C=C2\C(=O)NC(=O)N(c3cccc([N+](=O)[O-])c3)C2=O)cc(I)c1OCc1ccccc1F. The number of hydrogen-bond donors (Lipinski definition) is 1. The number of anilines is 1. The Morgan fingerprint density at radius 3 is 2.55 bits per heavy atom. The normalized spacial score (nSPS) is 14.4. The van der Waals surface area contributed by atoms with Gasteiger partial charge in [-0.25, -0.2) is 14.1 Å². The molecule has 0 bridgehead atoms. The number of rotatable bonds is 8. The van der Waals surface area contributed by atoms with Crippen molar-refractivity contribution in [1.29, 1.82) is 0 Å². The van der Waals surface area contributed by atoms with Crippen molar-refractivity contribution in [3.05, 3.63) is 96.9 Å². The van der Waals surface area contributed by atoms with E-state index in [1.165, 1.54) is 30.3 Å². The van der Waals surface area contributed by atoms with E-state index in [9.17, 15) is 28.9 Å². The van der Waals surface area contributed by atoms with Crippen LogP contribution in [-0.2, 0) is 16.2 Å². The van der Waals surface area contributed by atoms with Crippen LogP contribution in [0.15, 0.2) is 66.2 Å². The highest BCUT2D eigenvalue weighted by Crippen LogP contribution is 2.36. The molecule has 0 aliphatic carbocycles. The predicted octanol–water partition coefficient (Wildman–Crippen LogP) is 4.98. The summed E-state index contributed by atoms with van der Waals surface area (Å²) in [6.45, 7) is 1.99. The van der Waals surface area contributed by atoms with Gasteiger partial charge in [0.1, 0.15) is 18.0 Å². The maximum atomic E-state index is 14.0. The summed E-state index contributed by atoms with van der Waals surface area (Å²) in [7, 11) is 0. The fourth-order valence-corrected chi connectivity index (χ4v) is 4.43. The van der Waals surface area contributed by atoms with Gasteiger partial charge in [0.25, 0.3) is 17.5 Å². The van der Waals surface area contributed by atoms with E-state index in [4.69, 9.17) is 9.47 Å². The van der Waals surface area contributed by atoms with Crippen molar-refractivity contribution in [2.45, 2.75) is 13.5 Å². The average Bonchev–Trinajstić information content (AvgIpc) is 2.87. The molecule has 4 rings (SSSR count). The van der Waals surface area contributed by atoms with Gasteiger partial charge < -0.3 is 9.47 Å². The monoisotopic (exact) mass is 631 g/mol. The first-order valence-electron chi connectivity index (χ1n) is 11.2. The highest BCUT2D eigenvalue weighted by Gasteiger charge is 2.37. The van der Waals surface area contributed by atoms with Gasteiger partial charge in [0.15, 0.2) is 11.5 Å². The van der Waals surface area contributed by atoms with Gasteiger partial charge in [-0.15, -0.1) is 0 Å². The molecule has 38 heavy (non-hydrogen) atoms. The van der Waals surface area contributed by atoms with E-state index >= 15 is 0 Å². The quantitative estimate of drug-likeness (QED) is 0.122. The molecule has 0 radical (unpaired) electrons. The number of nitro benzene ring substituents is 1. The number of hydrogen-bond acceptors (Lipinski definition) is 7. The number of ether oxygens (including phenoxy) is 2. The molecule has 12 heteroatoms. The minimum Gasteiger partial charge on any atom is -0.490 e. The third-order valence-electron chi connectivity index (χ3n) is 5.37. The second kappa shape index (κ2) is 11.4. The number of barbiturate groups is 1. The number of non-ortho nitro benzene ring substituents is 1. The van der Waals surface area contributed by atoms with E-state index in [0.29, 0.717) is 31.1 Å². The Balaban J connectivity index is 1.68. The molecule has 0 saturated carbocycles. The van der Waals surface area contributed by atoms with Gasteiger partial charge in [-0.2, -0.15) is 0 Å². The molecule has 194 valence electrons. The maximum absolute atomic E-state index is 14.0. The van der Waals surface area contributed by atoms with Crippen LogP contribution in [0, 0.1) is 19.5 Å². The Morgan fingerprint density at radius 1 is 1.08 bits per heavy atom. The molecule has 10 nitrogen and oxygen atoms in total. The first kappa shape index (κ1) is 26.7. The summed E-state index contributed by atoms with van der Waals surface area (Å²) in [4.78, 5) is 49.4. The van der Waals surface area contributed by atoms with Crippen molar-refractivity contribution in [3.8, 4) is 11.5 Å². The van der Waals surface area contributed by atoms with Gasteiger partial charge in [-0.05, 0) is 65.4 Å². The molecule has 1 N–H and O–H groups in total. The third-order valence-corrected chi connectivity index (χ3v) is 6.17. The minimum absolute atomic E-state index is 0.0512. The van der Waals surface area contributed by atoms with Crippen molar-refractivity contribution < 1.29 is 33.2 Å². The largest absolute Gasteiger partial charge is 0.490 e. The van der Waals surface area contributed by atoms with Gasteiger partial charge in [-0.3, -0.25) is 25.0 Å². The zero-order chi connectivity index (χ0) is 27.4. The van der Waals surface area contributed by atoms with Gasteiger partial charge in [0.2, 0.25) is 0 Å². The number of nitrogens with zero attached hydrogens (tertiary/aromatic N) is 2. The van der Waals surface area contributed by atoms with Crippen LogP contribution in [0.1, 0.15) is 18.1 Å². The van der Waals surface area contributed by atoms with Crippen LogP contribution in [0.5, 0.6) is 11.5 Å². The molecule has 1 aliphatic rings. The number of halogens is 2. The first-order chi connectivity index (χ1) is 18.2. The highest BCUT2D eigenvalue weighted by atomic mass is 127. The number of imide groups is 2. The number of carbonyl (C=O) groups is 3. The Hall–Kier alpha value is -4.33. The van der Waals surface area contributed by atoms with Gasteiger partial charge in [0, 0.05) is 17.7 Å². The smallest absolute Gasteiger partial charge is 0.335 e. The summed E-state index contributed by atoms with van der Waals surface area (Å²) in [6.07, 6.45) is 1.28. The van der Waals surface area contributed by atoms with Crippen molar-refractivity contribution in [2.24, 2.45) is 0 Å². The second-order valence-corrected chi connectivity index (χ2v) is 9.04. The molecule has 1 saturated heterocycles. The van der Waals surface area contributed by atoms with E-state index in [-0.39, 0.29) is 30.2 Å². The Kier molecular flexibility index (Phi) is 8.00. The van der Waals surface area contributed by atoms with E-state index in [1.54, 1.807) is 37.3 Å². The van der Waals surface area contributed by atoms with Crippen LogP contribution in [-0.4, -0.2) is 29.4 Å². The standard InChI is InChI=1S/C26H19FIN3O7/c1-2-37-22-12-15(11-21(28)23(22)38-14-16-6-3-4-9-20(16)27)10-19-24(32)29-26(34)30(25(19)33)17-7-5-8-18(13-17)31(35)36/h3-13H,2,14H2,1H3,(H,29,32,34)/b19-10+. The lowest BCUT2D eigenvalue weighted by atomic mass is 10.1. The van der Waals surface area contributed by atoms with Crippen LogP contribution in [0.2, 0.25) is 0 Å². The fraction of sp³-hybridized carbons (Fsp3) is 0.115. The molecular formula is C26H19FIN3O7. The number of carbonyl (C=O) groups excluding carboxylic acids is 3. The molecule has 0 atom stereocenters. The van der Waals surface area contributed by atoms with Gasteiger partial charge in [-0.1, -0.05) is 24.3 Å². The molecule has 4 amide bonds. The van der Waals surface area contributed by atoms with Gasteiger partial charge >= 0.3 is 6.03 Å². The van der Waals surface area contributed by atoms with Crippen LogP contribution in [0.4, 0.5) is 20.6 Å². The average molecular weight is 631 g/mol. The fourth-order valence-electron chi connectivity index (χ4n) is 3.64. The number of amides is 4. The van der Waals surface area contributed by atoms with E-state index in [1.807, 2.05) is 22.6 Å². The van der Waals surface area contributed by atoms with Crippen molar-refractivity contribution in [3.63, 3.8) is 0 Å². The Morgan fingerprint density at radius 2 is 1.84 bits per heavy atom. The summed E-state index contributed by atoms with van der Waals surface area (Å²) in [6, 6.07) is 13.3. The molecule has 0 aromatic heterocycles. The zero-order valence-electron chi connectivity index (χ0n) is 19.8. The van der Waals surface area contributed by atoms with Crippen molar-refractivity contribution >= 4 is 57.9 Å². The first-order valence-corrected chi connectivity index (χ1v) is 12.3. The zero-order valence-corrected chi connectivity index (χ0v) is 21.9. The second-order valence-electron chi connectivity index (χ2n) is 7.88. The van der Waals surface area contributed by atoms with Crippen LogP contribution < -0.4 is 19.7 Å². The lowest BCUT2D eigenvalue weighted by molar-refractivity contribution is -0.384. The topological polar surface area (TPSA) is 128 Å². The molecule has 1 fully saturated rings. The third kappa shape index (κ3) is 5.64. The number of nitrogens with one attached hydrogen (secondary N) is 1. The van der Waals surface area contributed by atoms with Crippen LogP contribution in [0.25, 0.3) is 6.08 Å². The molecule has 0 unspecified atom stereocenters. The van der Waals surface area contributed by atoms with E-state index in [0.717, 1.165) is 6.07 Å². The number of nitro groups is 1. The van der Waals surface area contributed by atoms with Gasteiger partial charge in [0.05, 0.1) is 20.8 Å². The summed E-state index contributed by atoms with van der Waals surface area (Å²) in [5.41, 5.74) is -0.0152. The lowest BCUT2D eigenvalue weighted by Gasteiger charge is -2.26. The van der Waals surface area contributed by atoms with E-state index in [2.05, 4.69) is 5.32 Å². The molecule has 3 aromatic carbocycles. The molecule has 0 spiro atoms. The molecule has 3 aromatic rings. The summed E-state index contributed by atoms with van der Waals surface area (Å²) < 4.78 is 26.1. The van der Waals surface area contributed by atoms with Crippen molar-refractivity contribution in [2.75, 3.05) is 11.5 Å². The number of urea groups is 1. The molecular weight excluding hydrogens is 612 g/mol. The van der Waals surface area contributed by atoms with Crippen molar-refractivity contribution in [1.82, 2.24) is 5.32 Å². The van der Waals surface area contributed by atoms with E-state index < -0.39 is 28.6 Å². The lowest BCUT2D eigenvalue weighted by Crippen LogP contribution is -2.54.